The lowest BCUT2D eigenvalue weighted by molar-refractivity contribution is -0.0327. The molecule has 0 radical (unpaired) electrons. The number of benzene rings is 1. The average Bonchev–Trinajstić information content (AvgIpc) is 2.36. The molecule has 102 valence electrons. The minimum atomic E-state index is -4.19. The summed E-state index contributed by atoms with van der Waals surface area (Å²) in [5, 5.41) is 3.78. The number of rotatable bonds is 4. The number of hydrogen-bond donors (Lipinski definition) is 2. The molecule has 0 saturated heterocycles. The molecule has 0 aliphatic rings. The predicted molar refractivity (Wildman–Crippen MR) is 73.2 cm³/mol. The Kier molecular flexibility index (Phi) is 4.04. The maximum atomic E-state index is 12.0. The summed E-state index contributed by atoms with van der Waals surface area (Å²) in [5.74, 6) is -0.0460. The van der Waals surface area contributed by atoms with Gasteiger partial charge in [-0.05, 0) is 36.0 Å². The monoisotopic (exact) mass is 287 g/mol. The van der Waals surface area contributed by atoms with Crippen molar-refractivity contribution in [3.8, 4) is 0 Å². The molecule has 3 N–H and O–H groups in total. The van der Waals surface area contributed by atoms with Crippen molar-refractivity contribution in [2.45, 2.75) is 5.51 Å². The highest BCUT2D eigenvalue weighted by atomic mass is 32.2. The van der Waals surface area contributed by atoms with Crippen molar-refractivity contribution in [2.24, 2.45) is 0 Å². The van der Waals surface area contributed by atoms with Crippen LogP contribution in [0, 0.1) is 0 Å². The minimum absolute atomic E-state index is 0.0415. The van der Waals surface area contributed by atoms with Gasteiger partial charge in [-0.1, -0.05) is 0 Å². The largest absolute Gasteiger partial charge is 0.441 e. The number of nitrogens with two attached hydrogens (primary N) is 1. The summed E-state index contributed by atoms with van der Waals surface area (Å²) >= 11 is -0.0415. The molecule has 1 heterocycles. The van der Waals surface area contributed by atoms with Crippen LogP contribution in [-0.4, -0.2) is 22.8 Å². The lowest BCUT2D eigenvalue weighted by Crippen LogP contribution is -2.09. The second kappa shape index (κ2) is 5.56. The van der Waals surface area contributed by atoms with Crippen molar-refractivity contribution in [1.82, 2.24) is 4.98 Å². The van der Waals surface area contributed by atoms with E-state index in [-0.39, 0.29) is 24.1 Å². The number of nitrogens with one attached hydrogen (secondary N) is 1. The molecule has 0 unspecified atom stereocenters. The number of nitrogen functional groups attached to an aromatic ring is 1. The molecule has 2 aromatic rings. The van der Waals surface area contributed by atoms with Gasteiger partial charge in [-0.3, -0.25) is 4.98 Å². The zero-order valence-corrected chi connectivity index (χ0v) is 10.7. The number of aromatic nitrogens is 1. The Bertz CT molecular complexity index is 572. The van der Waals surface area contributed by atoms with Gasteiger partial charge in [0.05, 0.1) is 11.2 Å². The summed E-state index contributed by atoms with van der Waals surface area (Å²) in [7, 11) is 0. The normalized spacial score (nSPS) is 11.7. The third-order valence-electron chi connectivity index (χ3n) is 2.48. The predicted octanol–water partition coefficient (Wildman–Crippen LogP) is 3.48. The van der Waals surface area contributed by atoms with E-state index in [1.165, 1.54) is 0 Å². The highest BCUT2D eigenvalue weighted by Crippen LogP contribution is 2.30. The third kappa shape index (κ3) is 3.66. The standard InChI is InChI=1S/C12H12F3N3S/c13-12(14,15)19-7-6-17-10-4-3-9(16)11-8(10)2-1-5-18-11/h1-5,17H,6-7,16H2. The van der Waals surface area contributed by atoms with Crippen LogP contribution in [0.25, 0.3) is 10.9 Å². The van der Waals surface area contributed by atoms with E-state index in [0.717, 1.165) is 11.1 Å². The molecule has 0 aliphatic carbocycles. The van der Waals surface area contributed by atoms with E-state index in [0.29, 0.717) is 11.2 Å². The number of pyridine rings is 1. The summed E-state index contributed by atoms with van der Waals surface area (Å²) in [4.78, 5) is 4.16. The van der Waals surface area contributed by atoms with Gasteiger partial charge < -0.3 is 11.1 Å². The molecule has 0 saturated carbocycles. The van der Waals surface area contributed by atoms with Crippen LogP contribution in [-0.2, 0) is 0 Å². The molecule has 0 spiro atoms. The average molecular weight is 287 g/mol. The van der Waals surface area contributed by atoms with Gasteiger partial charge in [-0.15, -0.1) is 0 Å². The molecular formula is C12H12F3N3S. The summed E-state index contributed by atoms with van der Waals surface area (Å²) in [6.45, 7) is 0.220. The molecule has 0 atom stereocenters. The Balaban J connectivity index is 2.07. The fourth-order valence-electron chi connectivity index (χ4n) is 1.70. The van der Waals surface area contributed by atoms with Crippen molar-refractivity contribution in [3.05, 3.63) is 30.5 Å². The number of hydrogen-bond acceptors (Lipinski definition) is 4. The number of anilines is 2. The molecule has 2 rings (SSSR count). The smallest absolute Gasteiger partial charge is 0.397 e. The van der Waals surface area contributed by atoms with Crippen LogP contribution in [0.4, 0.5) is 24.5 Å². The van der Waals surface area contributed by atoms with Crippen LogP contribution < -0.4 is 11.1 Å². The van der Waals surface area contributed by atoms with Crippen LogP contribution in [0.1, 0.15) is 0 Å². The number of halogens is 3. The number of nitrogens with zero attached hydrogens (tertiary/aromatic N) is 1. The van der Waals surface area contributed by atoms with Gasteiger partial charge >= 0.3 is 5.51 Å². The molecule has 19 heavy (non-hydrogen) atoms. The maximum absolute atomic E-state index is 12.0. The second-order valence-electron chi connectivity index (χ2n) is 3.82. The summed E-state index contributed by atoms with van der Waals surface area (Å²) in [6.07, 6.45) is 1.63. The van der Waals surface area contributed by atoms with Crippen LogP contribution in [0.3, 0.4) is 0 Å². The van der Waals surface area contributed by atoms with E-state index in [9.17, 15) is 13.2 Å². The first kappa shape index (κ1) is 13.8. The zero-order chi connectivity index (χ0) is 13.9. The molecule has 0 aliphatic heterocycles. The van der Waals surface area contributed by atoms with Gasteiger partial charge in [-0.25, -0.2) is 0 Å². The van der Waals surface area contributed by atoms with Crippen LogP contribution in [0.15, 0.2) is 30.5 Å². The Morgan fingerprint density at radius 2 is 2.05 bits per heavy atom. The molecule has 1 aromatic carbocycles. The number of alkyl halides is 3. The third-order valence-corrected chi connectivity index (χ3v) is 3.22. The van der Waals surface area contributed by atoms with E-state index in [2.05, 4.69) is 10.3 Å². The molecule has 3 nitrogen and oxygen atoms in total. The number of thioether (sulfide) groups is 1. The topological polar surface area (TPSA) is 50.9 Å². The van der Waals surface area contributed by atoms with Crippen molar-refractivity contribution in [3.63, 3.8) is 0 Å². The summed E-state index contributed by atoms with van der Waals surface area (Å²) in [5.41, 5.74) is 3.54. The van der Waals surface area contributed by atoms with E-state index in [1.54, 1.807) is 24.4 Å². The van der Waals surface area contributed by atoms with Gasteiger partial charge in [0.25, 0.3) is 0 Å². The highest BCUT2D eigenvalue weighted by molar-refractivity contribution is 8.00. The number of fused-ring (bicyclic) bond motifs is 1. The van der Waals surface area contributed by atoms with Gasteiger partial charge in [0.15, 0.2) is 0 Å². The highest BCUT2D eigenvalue weighted by Gasteiger charge is 2.27. The molecular weight excluding hydrogens is 275 g/mol. The van der Waals surface area contributed by atoms with E-state index >= 15 is 0 Å². The Labute approximate surface area is 112 Å². The SMILES string of the molecule is Nc1ccc(NCCSC(F)(F)F)c2cccnc12. The Hall–Kier alpha value is -1.63. The van der Waals surface area contributed by atoms with Crippen LogP contribution >= 0.6 is 11.8 Å². The van der Waals surface area contributed by atoms with Gasteiger partial charge in [0.1, 0.15) is 0 Å². The molecule has 0 amide bonds. The fourth-order valence-corrected chi connectivity index (χ4v) is 2.14. The van der Waals surface area contributed by atoms with Crippen molar-refractivity contribution in [2.75, 3.05) is 23.3 Å². The minimum Gasteiger partial charge on any atom is -0.397 e. The molecule has 0 fully saturated rings. The first-order chi connectivity index (χ1) is 8.97. The van der Waals surface area contributed by atoms with Crippen molar-refractivity contribution >= 4 is 34.0 Å². The van der Waals surface area contributed by atoms with Crippen molar-refractivity contribution < 1.29 is 13.2 Å². The van der Waals surface area contributed by atoms with Gasteiger partial charge in [0, 0.05) is 29.6 Å². The fraction of sp³-hybridized carbons (Fsp3) is 0.250. The van der Waals surface area contributed by atoms with E-state index in [4.69, 9.17) is 5.73 Å². The molecule has 0 bridgehead atoms. The second-order valence-corrected chi connectivity index (χ2v) is 4.98. The van der Waals surface area contributed by atoms with E-state index in [1.807, 2.05) is 6.07 Å². The molecule has 7 heteroatoms. The summed E-state index contributed by atoms with van der Waals surface area (Å²) in [6, 6.07) is 7.03. The van der Waals surface area contributed by atoms with Gasteiger partial charge in [0.2, 0.25) is 0 Å². The summed E-state index contributed by atoms with van der Waals surface area (Å²) < 4.78 is 36.0. The molecule has 1 aromatic heterocycles. The van der Waals surface area contributed by atoms with Crippen LogP contribution in [0.5, 0.6) is 0 Å². The van der Waals surface area contributed by atoms with Crippen LogP contribution in [0.2, 0.25) is 0 Å². The lowest BCUT2D eigenvalue weighted by Gasteiger charge is -2.11. The maximum Gasteiger partial charge on any atom is 0.441 e. The zero-order valence-electron chi connectivity index (χ0n) is 9.87. The first-order valence-corrected chi connectivity index (χ1v) is 6.54. The Morgan fingerprint density at radius 3 is 2.79 bits per heavy atom. The quantitative estimate of drug-likeness (QED) is 0.667. The lowest BCUT2D eigenvalue weighted by atomic mass is 10.1. The first-order valence-electron chi connectivity index (χ1n) is 5.55. The van der Waals surface area contributed by atoms with Crippen molar-refractivity contribution in [1.29, 1.82) is 0 Å². The van der Waals surface area contributed by atoms with E-state index < -0.39 is 5.51 Å². The van der Waals surface area contributed by atoms with Gasteiger partial charge in [-0.2, -0.15) is 13.2 Å². The Morgan fingerprint density at radius 1 is 1.26 bits per heavy atom.